The fraction of sp³-hybridized carbons (Fsp3) is 0.417. The Morgan fingerprint density at radius 3 is 2.25 bits per heavy atom. The van der Waals surface area contributed by atoms with Crippen LogP contribution in [-0.2, 0) is 19.6 Å². The normalized spacial score (nSPS) is 12.6. The molecular weight excluding hydrogens is 286 g/mol. The van der Waals surface area contributed by atoms with Crippen molar-refractivity contribution in [1.29, 1.82) is 0 Å². The van der Waals surface area contributed by atoms with Gasteiger partial charge in [-0.1, -0.05) is 0 Å². The zero-order chi connectivity index (χ0) is 15.3. The van der Waals surface area contributed by atoms with Gasteiger partial charge in [0.15, 0.2) is 11.5 Å². The zero-order valence-electron chi connectivity index (χ0n) is 11.7. The minimum absolute atomic E-state index is 0.105. The summed E-state index contributed by atoms with van der Waals surface area (Å²) in [6.07, 6.45) is -0.870. The van der Waals surface area contributed by atoms with Crippen LogP contribution in [-0.4, -0.2) is 41.8 Å². The highest BCUT2D eigenvalue weighted by Gasteiger charge is 2.22. The zero-order valence-corrected chi connectivity index (χ0v) is 12.5. The molecular formula is C12H17NO6S. The maximum absolute atomic E-state index is 12.0. The van der Waals surface area contributed by atoms with Gasteiger partial charge in [-0.25, -0.2) is 13.1 Å². The standard InChI is InChI=1S/C12H17NO6S/c1-8(17-2)12(14)13-20(15,16)9-5-6-10(18-3)11(7-9)19-4/h5-8H,1-4H3,(H,13,14)/t8-/m0/s1. The van der Waals surface area contributed by atoms with Crippen LogP contribution in [0.15, 0.2) is 23.1 Å². The van der Waals surface area contributed by atoms with E-state index in [-0.39, 0.29) is 10.6 Å². The molecule has 0 heterocycles. The quantitative estimate of drug-likeness (QED) is 0.825. The lowest BCUT2D eigenvalue weighted by Gasteiger charge is -2.13. The molecule has 1 N–H and O–H groups in total. The number of rotatable bonds is 6. The number of hydrogen-bond donors (Lipinski definition) is 1. The summed E-state index contributed by atoms with van der Waals surface area (Å²) in [6, 6.07) is 4.03. The first kappa shape index (κ1) is 16.3. The molecule has 7 nitrogen and oxygen atoms in total. The minimum atomic E-state index is -3.99. The molecule has 0 radical (unpaired) electrons. The van der Waals surface area contributed by atoms with E-state index < -0.39 is 22.0 Å². The first-order valence-electron chi connectivity index (χ1n) is 5.67. The van der Waals surface area contributed by atoms with E-state index in [2.05, 4.69) is 0 Å². The van der Waals surface area contributed by atoms with E-state index in [0.717, 1.165) is 0 Å². The van der Waals surface area contributed by atoms with Gasteiger partial charge in [0, 0.05) is 13.2 Å². The molecule has 1 aromatic rings. The van der Waals surface area contributed by atoms with Crippen LogP contribution < -0.4 is 14.2 Å². The van der Waals surface area contributed by atoms with E-state index >= 15 is 0 Å². The second-order valence-corrected chi connectivity index (χ2v) is 5.55. The van der Waals surface area contributed by atoms with Crippen molar-refractivity contribution in [1.82, 2.24) is 4.72 Å². The number of carbonyl (C=O) groups excluding carboxylic acids is 1. The number of methoxy groups -OCH3 is 3. The highest BCUT2D eigenvalue weighted by Crippen LogP contribution is 2.29. The number of carbonyl (C=O) groups is 1. The molecule has 0 spiro atoms. The highest BCUT2D eigenvalue weighted by atomic mass is 32.2. The summed E-state index contributed by atoms with van der Waals surface area (Å²) in [7, 11) is 0.153. The molecule has 1 atom stereocenters. The fourth-order valence-corrected chi connectivity index (χ4v) is 2.42. The van der Waals surface area contributed by atoms with Crippen LogP contribution in [0.4, 0.5) is 0 Å². The molecule has 0 saturated carbocycles. The number of hydrogen-bond acceptors (Lipinski definition) is 6. The van der Waals surface area contributed by atoms with Gasteiger partial charge in [0.05, 0.1) is 19.1 Å². The van der Waals surface area contributed by atoms with Crippen molar-refractivity contribution in [2.75, 3.05) is 21.3 Å². The molecule has 0 aliphatic heterocycles. The molecule has 1 amide bonds. The third-order valence-electron chi connectivity index (χ3n) is 2.62. The van der Waals surface area contributed by atoms with Gasteiger partial charge in [-0.2, -0.15) is 0 Å². The lowest BCUT2D eigenvalue weighted by Crippen LogP contribution is -2.38. The Hall–Kier alpha value is -1.80. The first-order valence-corrected chi connectivity index (χ1v) is 7.15. The van der Waals surface area contributed by atoms with Crippen molar-refractivity contribution in [2.24, 2.45) is 0 Å². The van der Waals surface area contributed by atoms with Crippen molar-refractivity contribution in [3.8, 4) is 11.5 Å². The molecule has 1 rings (SSSR count). The van der Waals surface area contributed by atoms with Crippen LogP contribution in [0.3, 0.4) is 0 Å². The van der Waals surface area contributed by atoms with Crippen molar-refractivity contribution >= 4 is 15.9 Å². The monoisotopic (exact) mass is 303 g/mol. The van der Waals surface area contributed by atoms with Crippen molar-refractivity contribution < 1.29 is 27.4 Å². The summed E-state index contributed by atoms with van der Waals surface area (Å²) in [5.74, 6) is -0.104. The second-order valence-electron chi connectivity index (χ2n) is 3.86. The molecule has 0 aliphatic rings. The Labute approximate surface area is 117 Å². The fourth-order valence-electron chi connectivity index (χ4n) is 1.37. The van der Waals surface area contributed by atoms with E-state index in [9.17, 15) is 13.2 Å². The number of amides is 1. The molecule has 8 heteroatoms. The van der Waals surface area contributed by atoms with Gasteiger partial charge in [0.2, 0.25) is 0 Å². The number of ether oxygens (including phenoxy) is 3. The predicted octanol–water partition coefficient (Wildman–Crippen LogP) is 0.544. The first-order chi connectivity index (χ1) is 9.35. The van der Waals surface area contributed by atoms with Gasteiger partial charge in [0.1, 0.15) is 6.10 Å². The summed E-state index contributed by atoms with van der Waals surface area (Å²) in [6.45, 7) is 1.44. The van der Waals surface area contributed by atoms with Crippen molar-refractivity contribution in [3.05, 3.63) is 18.2 Å². The van der Waals surface area contributed by atoms with Gasteiger partial charge in [-0.3, -0.25) is 4.79 Å². The molecule has 0 unspecified atom stereocenters. The average Bonchev–Trinajstić information content (AvgIpc) is 2.44. The van der Waals surface area contributed by atoms with Crippen LogP contribution in [0.2, 0.25) is 0 Å². The minimum Gasteiger partial charge on any atom is -0.493 e. The summed E-state index contributed by atoms with van der Waals surface area (Å²) in [4.78, 5) is 11.5. The molecule has 0 aromatic heterocycles. The van der Waals surface area contributed by atoms with Gasteiger partial charge < -0.3 is 14.2 Å². The second kappa shape index (κ2) is 6.58. The molecule has 0 fully saturated rings. The van der Waals surface area contributed by atoms with E-state index in [1.165, 1.54) is 46.5 Å². The van der Waals surface area contributed by atoms with Gasteiger partial charge in [-0.05, 0) is 19.1 Å². The van der Waals surface area contributed by atoms with Crippen molar-refractivity contribution in [3.63, 3.8) is 0 Å². The largest absolute Gasteiger partial charge is 0.493 e. The number of sulfonamides is 1. The lowest BCUT2D eigenvalue weighted by atomic mass is 10.3. The predicted molar refractivity (Wildman–Crippen MR) is 71.3 cm³/mol. The molecule has 0 bridgehead atoms. The third kappa shape index (κ3) is 3.61. The smallest absolute Gasteiger partial charge is 0.264 e. The number of benzene rings is 1. The topological polar surface area (TPSA) is 90.9 Å². The van der Waals surface area contributed by atoms with Crippen molar-refractivity contribution in [2.45, 2.75) is 17.9 Å². The Balaban J connectivity index is 3.07. The average molecular weight is 303 g/mol. The molecule has 1 aromatic carbocycles. The third-order valence-corrected chi connectivity index (χ3v) is 3.97. The highest BCUT2D eigenvalue weighted by molar-refractivity contribution is 7.90. The maximum atomic E-state index is 12.0. The Bertz CT molecular complexity index is 584. The van der Waals surface area contributed by atoms with E-state index in [0.29, 0.717) is 5.75 Å². The Kier molecular flexibility index (Phi) is 5.34. The van der Waals surface area contributed by atoms with Crippen LogP contribution in [0.5, 0.6) is 11.5 Å². The van der Waals surface area contributed by atoms with Gasteiger partial charge >= 0.3 is 0 Å². The van der Waals surface area contributed by atoms with Crippen LogP contribution in [0.1, 0.15) is 6.92 Å². The summed E-state index contributed by atoms with van der Waals surface area (Å²) < 4.78 is 40.8. The van der Waals surface area contributed by atoms with Gasteiger partial charge in [0.25, 0.3) is 15.9 Å². The summed E-state index contributed by atoms with van der Waals surface area (Å²) in [5.41, 5.74) is 0. The number of nitrogens with one attached hydrogen (secondary N) is 1. The summed E-state index contributed by atoms with van der Waals surface area (Å²) >= 11 is 0. The van der Waals surface area contributed by atoms with Crippen LogP contribution >= 0.6 is 0 Å². The van der Waals surface area contributed by atoms with E-state index in [1.54, 1.807) is 0 Å². The van der Waals surface area contributed by atoms with E-state index in [1.807, 2.05) is 4.72 Å². The lowest BCUT2D eigenvalue weighted by molar-refractivity contribution is -0.128. The molecule has 20 heavy (non-hydrogen) atoms. The van der Waals surface area contributed by atoms with E-state index in [4.69, 9.17) is 14.2 Å². The van der Waals surface area contributed by atoms with Crippen LogP contribution in [0, 0.1) is 0 Å². The molecule has 0 saturated heterocycles. The molecule has 0 aliphatic carbocycles. The van der Waals surface area contributed by atoms with Gasteiger partial charge in [-0.15, -0.1) is 0 Å². The Morgan fingerprint density at radius 1 is 1.15 bits per heavy atom. The molecule has 112 valence electrons. The van der Waals surface area contributed by atoms with Crippen LogP contribution in [0.25, 0.3) is 0 Å². The summed E-state index contributed by atoms with van der Waals surface area (Å²) in [5, 5.41) is 0. The SMILES string of the molecule is COc1ccc(S(=O)(=O)NC(=O)[C@H](C)OC)cc1OC. The Morgan fingerprint density at radius 2 is 1.75 bits per heavy atom. The maximum Gasteiger partial charge on any atom is 0.264 e.